The molecule has 2 aromatic carbocycles. The van der Waals surface area contributed by atoms with Gasteiger partial charge in [-0.15, -0.1) is 0 Å². The molecule has 0 atom stereocenters. The van der Waals surface area contributed by atoms with Gasteiger partial charge in [0.15, 0.2) is 0 Å². The second-order valence-corrected chi connectivity index (χ2v) is 8.30. The van der Waals surface area contributed by atoms with Gasteiger partial charge in [0.2, 0.25) is 0 Å². The molecule has 2 heteroatoms. The molecule has 3 rings (SSSR count). The molecular weight excluding hydrogens is 308 g/mol. The predicted molar refractivity (Wildman–Crippen MR) is 104 cm³/mol. The number of benzene rings is 2. The highest BCUT2D eigenvalue weighted by Crippen LogP contribution is 2.46. The first-order valence-corrected chi connectivity index (χ1v) is 8.86. The van der Waals surface area contributed by atoms with Gasteiger partial charge in [-0.25, -0.2) is 4.79 Å². The van der Waals surface area contributed by atoms with E-state index in [-0.39, 0.29) is 10.8 Å². The average molecular weight is 334 g/mol. The SMILES string of the molecule is CC1(C)CCC(C)(C)c2cc(C=C(C(=O)O)c3ccccc3)ccc21. The molecule has 0 aliphatic heterocycles. The van der Waals surface area contributed by atoms with Crippen molar-refractivity contribution >= 4 is 17.6 Å². The fourth-order valence-electron chi connectivity index (χ4n) is 3.75. The topological polar surface area (TPSA) is 37.3 Å². The van der Waals surface area contributed by atoms with E-state index in [9.17, 15) is 9.90 Å². The van der Waals surface area contributed by atoms with Gasteiger partial charge < -0.3 is 5.11 Å². The molecule has 0 saturated carbocycles. The molecule has 2 nitrogen and oxygen atoms in total. The number of fused-ring (bicyclic) bond motifs is 1. The highest BCUT2D eigenvalue weighted by atomic mass is 16.4. The summed E-state index contributed by atoms with van der Waals surface area (Å²) in [6.45, 7) is 9.15. The molecule has 1 aliphatic carbocycles. The summed E-state index contributed by atoms with van der Waals surface area (Å²) in [5.41, 5.74) is 5.02. The Balaban J connectivity index is 2.11. The molecule has 0 amide bonds. The van der Waals surface area contributed by atoms with Crippen LogP contribution >= 0.6 is 0 Å². The summed E-state index contributed by atoms with van der Waals surface area (Å²) in [4.78, 5) is 11.8. The van der Waals surface area contributed by atoms with E-state index in [1.807, 2.05) is 36.4 Å². The van der Waals surface area contributed by atoms with E-state index < -0.39 is 5.97 Å². The van der Waals surface area contributed by atoms with Crippen LogP contribution in [0, 0.1) is 0 Å². The van der Waals surface area contributed by atoms with Crippen LogP contribution in [0.2, 0.25) is 0 Å². The fraction of sp³-hybridized carbons (Fsp3) is 0.348. The Hall–Kier alpha value is -2.35. The van der Waals surface area contributed by atoms with E-state index in [1.165, 1.54) is 17.5 Å². The smallest absolute Gasteiger partial charge is 0.336 e. The lowest BCUT2D eigenvalue weighted by molar-refractivity contribution is -0.130. The molecule has 130 valence electrons. The van der Waals surface area contributed by atoms with Crippen molar-refractivity contribution in [3.63, 3.8) is 0 Å². The molecule has 1 aliphatic rings. The van der Waals surface area contributed by atoms with Crippen molar-refractivity contribution < 1.29 is 9.90 Å². The molecule has 2 aromatic rings. The van der Waals surface area contributed by atoms with Crippen LogP contribution in [0.25, 0.3) is 11.6 Å². The van der Waals surface area contributed by atoms with Gasteiger partial charge in [-0.3, -0.25) is 0 Å². The van der Waals surface area contributed by atoms with E-state index in [4.69, 9.17) is 0 Å². The summed E-state index contributed by atoms with van der Waals surface area (Å²) in [5, 5.41) is 9.64. The molecule has 0 saturated heterocycles. The van der Waals surface area contributed by atoms with Crippen LogP contribution in [0.5, 0.6) is 0 Å². The number of aliphatic carboxylic acids is 1. The zero-order chi connectivity index (χ0) is 18.2. The summed E-state index contributed by atoms with van der Waals surface area (Å²) < 4.78 is 0. The number of hydrogen-bond donors (Lipinski definition) is 1. The van der Waals surface area contributed by atoms with Gasteiger partial charge in [0.1, 0.15) is 0 Å². The highest BCUT2D eigenvalue weighted by molar-refractivity contribution is 6.20. The molecule has 0 fully saturated rings. The Bertz CT molecular complexity index is 826. The van der Waals surface area contributed by atoms with Crippen molar-refractivity contribution in [1.82, 2.24) is 0 Å². The van der Waals surface area contributed by atoms with Gasteiger partial charge in [-0.1, -0.05) is 76.2 Å². The Kier molecular flexibility index (Phi) is 4.32. The molecule has 0 aromatic heterocycles. The number of carboxylic acids is 1. The zero-order valence-corrected chi connectivity index (χ0v) is 15.5. The lowest BCUT2D eigenvalue weighted by atomic mass is 9.63. The van der Waals surface area contributed by atoms with Crippen molar-refractivity contribution in [3.8, 4) is 0 Å². The van der Waals surface area contributed by atoms with Gasteiger partial charge in [-0.2, -0.15) is 0 Å². The summed E-state index contributed by atoms with van der Waals surface area (Å²) in [6.07, 6.45) is 4.10. The first-order valence-electron chi connectivity index (χ1n) is 8.86. The van der Waals surface area contributed by atoms with Crippen LogP contribution in [-0.4, -0.2) is 11.1 Å². The molecule has 0 spiro atoms. The number of carbonyl (C=O) groups is 1. The van der Waals surface area contributed by atoms with Crippen molar-refractivity contribution in [3.05, 3.63) is 70.8 Å². The molecule has 0 radical (unpaired) electrons. The summed E-state index contributed by atoms with van der Waals surface area (Å²) in [5.74, 6) is -0.900. The van der Waals surface area contributed by atoms with Crippen LogP contribution in [0.1, 0.15) is 62.8 Å². The quantitative estimate of drug-likeness (QED) is 0.581. The number of hydrogen-bond acceptors (Lipinski definition) is 1. The second-order valence-electron chi connectivity index (χ2n) is 8.30. The minimum atomic E-state index is -0.900. The summed E-state index contributed by atoms with van der Waals surface area (Å²) >= 11 is 0. The van der Waals surface area contributed by atoms with Gasteiger partial charge in [0, 0.05) is 0 Å². The fourth-order valence-corrected chi connectivity index (χ4v) is 3.75. The van der Waals surface area contributed by atoms with Crippen LogP contribution < -0.4 is 0 Å². The Morgan fingerprint density at radius 2 is 1.52 bits per heavy atom. The largest absolute Gasteiger partial charge is 0.478 e. The predicted octanol–water partition coefficient (Wildman–Crippen LogP) is 5.66. The second kappa shape index (κ2) is 6.18. The minimum absolute atomic E-state index is 0.116. The molecule has 25 heavy (non-hydrogen) atoms. The monoisotopic (exact) mass is 334 g/mol. The first kappa shape index (κ1) is 17.5. The first-order chi connectivity index (χ1) is 11.7. The van der Waals surface area contributed by atoms with Crippen molar-refractivity contribution in [1.29, 1.82) is 0 Å². The molecule has 0 bridgehead atoms. The van der Waals surface area contributed by atoms with E-state index in [0.717, 1.165) is 17.5 Å². The molecule has 0 heterocycles. The molecule has 0 unspecified atom stereocenters. The van der Waals surface area contributed by atoms with Crippen molar-refractivity contribution in [2.45, 2.75) is 51.4 Å². The third kappa shape index (κ3) is 3.39. The van der Waals surface area contributed by atoms with Crippen LogP contribution in [0.15, 0.2) is 48.5 Å². The standard InChI is InChI=1S/C23H26O2/c1-22(2)12-13-23(3,4)20-15-16(10-11-19(20)22)14-18(21(24)25)17-8-6-5-7-9-17/h5-11,14-15H,12-13H2,1-4H3,(H,24,25). The van der Waals surface area contributed by atoms with Gasteiger partial charge in [0.25, 0.3) is 0 Å². The summed E-state index contributed by atoms with van der Waals surface area (Å²) in [6, 6.07) is 15.7. The maximum absolute atomic E-state index is 11.8. The Morgan fingerprint density at radius 3 is 2.12 bits per heavy atom. The van der Waals surface area contributed by atoms with E-state index in [2.05, 4.69) is 39.8 Å². The van der Waals surface area contributed by atoms with Crippen molar-refractivity contribution in [2.24, 2.45) is 0 Å². The lowest BCUT2D eigenvalue weighted by Gasteiger charge is -2.42. The molecule has 1 N–H and O–H groups in total. The molecular formula is C23H26O2. The maximum atomic E-state index is 11.8. The van der Waals surface area contributed by atoms with Crippen molar-refractivity contribution in [2.75, 3.05) is 0 Å². The number of rotatable bonds is 3. The average Bonchev–Trinajstić information content (AvgIpc) is 2.57. The maximum Gasteiger partial charge on any atom is 0.336 e. The van der Waals surface area contributed by atoms with E-state index >= 15 is 0 Å². The normalized spacial score (nSPS) is 18.5. The van der Waals surface area contributed by atoms with E-state index in [0.29, 0.717) is 5.57 Å². The summed E-state index contributed by atoms with van der Waals surface area (Å²) in [7, 11) is 0. The van der Waals surface area contributed by atoms with Gasteiger partial charge >= 0.3 is 5.97 Å². The number of carboxylic acid groups (broad SMARTS) is 1. The highest BCUT2D eigenvalue weighted by Gasteiger charge is 2.36. The van der Waals surface area contributed by atoms with E-state index in [1.54, 1.807) is 6.08 Å². The third-order valence-corrected chi connectivity index (χ3v) is 5.50. The van der Waals surface area contributed by atoms with Crippen LogP contribution in [0.3, 0.4) is 0 Å². The third-order valence-electron chi connectivity index (χ3n) is 5.50. The van der Waals surface area contributed by atoms with Crippen LogP contribution in [0.4, 0.5) is 0 Å². The van der Waals surface area contributed by atoms with Gasteiger partial charge in [0.05, 0.1) is 5.57 Å². The zero-order valence-electron chi connectivity index (χ0n) is 15.5. The van der Waals surface area contributed by atoms with Crippen LogP contribution in [-0.2, 0) is 15.6 Å². The Labute approximate surface area is 150 Å². The van der Waals surface area contributed by atoms with Gasteiger partial charge in [-0.05, 0) is 52.0 Å². The minimum Gasteiger partial charge on any atom is -0.478 e. The lowest BCUT2D eigenvalue weighted by Crippen LogP contribution is -2.33. The Morgan fingerprint density at radius 1 is 0.920 bits per heavy atom.